The van der Waals surface area contributed by atoms with Crippen LogP contribution in [0.3, 0.4) is 0 Å². The number of esters is 1. The number of ether oxygens (including phenoxy) is 1. The van der Waals surface area contributed by atoms with Gasteiger partial charge in [-0.2, -0.15) is 0 Å². The van der Waals surface area contributed by atoms with Gasteiger partial charge in [0, 0.05) is 12.8 Å². The van der Waals surface area contributed by atoms with Gasteiger partial charge in [0.05, 0.1) is 25.4 Å². The summed E-state index contributed by atoms with van der Waals surface area (Å²) < 4.78 is 5.47. The van der Waals surface area contributed by atoms with Crippen LogP contribution in [0.25, 0.3) is 0 Å². The molecule has 0 saturated heterocycles. The molecule has 0 aromatic heterocycles. The Kier molecular flexibility index (Phi) is 59.0. The van der Waals surface area contributed by atoms with Crippen molar-refractivity contribution in [1.82, 2.24) is 5.32 Å². The summed E-state index contributed by atoms with van der Waals surface area (Å²) in [7, 11) is 0. The van der Waals surface area contributed by atoms with Gasteiger partial charge in [0.25, 0.3) is 0 Å². The maximum Gasteiger partial charge on any atom is 0.305 e. The van der Waals surface area contributed by atoms with E-state index in [4.69, 9.17) is 4.74 Å². The highest BCUT2D eigenvalue weighted by Crippen LogP contribution is 2.18. The van der Waals surface area contributed by atoms with Crippen molar-refractivity contribution < 1.29 is 24.5 Å². The largest absolute Gasteiger partial charge is 0.466 e. The van der Waals surface area contributed by atoms with Crippen LogP contribution in [0.5, 0.6) is 0 Å². The molecule has 2 atom stereocenters. The average Bonchev–Trinajstić information content (AvgIpc) is 3.36. The van der Waals surface area contributed by atoms with E-state index in [0.29, 0.717) is 25.9 Å². The summed E-state index contributed by atoms with van der Waals surface area (Å²) in [6.45, 7) is 4.95. The zero-order valence-corrected chi connectivity index (χ0v) is 47.5. The molecule has 70 heavy (non-hydrogen) atoms. The lowest BCUT2D eigenvalue weighted by Crippen LogP contribution is -2.45. The van der Waals surface area contributed by atoms with E-state index in [1.807, 2.05) is 0 Å². The van der Waals surface area contributed by atoms with E-state index < -0.39 is 12.1 Å². The Morgan fingerprint density at radius 3 is 1.01 bits per heavy atom. The monoisotopic (exact) mass is 988 g/mol. The lowest BCUT2D eigenvalue weighted by atomic mass is 10.0. The minimum absolute atomic E-state index is 0.00654. The van der Waals surface area contributed by atoms with Crippen molar-refractivity contribution in [3.63, 3.8) is 0 Å². The third-order valence-electron chi connectivity index (χ3n) is 15.1. The van der Waals surface area contributed by atoms with E-state index in [1.54, 1.807) is 0 Å². The summed E-state index contributed by atoms with van der Waals surface area (Å²) in [5.74, 6) is -0.0458. The fraction of sp³-hybridized carbons (Fsp3) is 0.938. The van der Waals surface area contributed by atoms with Gasteiger partial charge in [-0.15, -0.1) is 0 Å². The maximum atomic E-state index is 12.5. The Hall–Kier alpha value is -1.40. The third-order valence-corrected chi connectivity index (χ3v) is 15.1. The first kappa shape index (κ1) is 68.6. The minimum atomic E-state index is -0.671. The molecule has 0 radical (unpaired) electrons. The van der Waals surface area contributed by atoms with Gasteiger partial charge < -0.3 is 20.3 Å². The van der Waals surface area contributed by atoms with E-state index in [0.717, 1.165) is 51.4 Å². The Bertz CT molecular complexity index is 1050. The number of nitrogens with one attached hydrogen (secondary N) is 1. The molecule has 0 fully saturated rings. The molecule has 6 heteroatoms. The average molecular weight is 989 g/mol. The van der Waals surface area contributed by atoms with Gasteiger partial charge in [-0.3, -0.25) is 9.59 Å². The molecule has 0 aliphatic heterocycles. The van der Waals surface area contributed by atoms with Crippen LogP contribution in [0.4, 0.5) is 0 Å². The molecule has 6 nitrogen and oxygen atoms in total. The molecule has 0 aliphatic rings. The van der Waals surface area contributed by atoms with Crippen molar-refractivity contribution in [3.8, 4) is 0 Å². The molecule has 0 bridgehead atoms. The fourth-order valence-electron chi connectivity index (χ4n) is 10.2. The topological polar surface area (TPSA) is 95.9 Å². The summed E-state index contributed by atoms with van der Waals surface area (Å²) in [5.41, 5.74) is 0. The smallest absolute Gasteiger partial charge is 0.305 e. The molecule has 3 N–H and O–H groups in total. The van der Waals surface area contributed by atoms with Gasteiger partial charge in [-0.05, 0) is 51.4 Å². The summed E-state index contributed by atoms with van der Waals surface area (Å²) in [4.78, 5) is 24.6. The van der Waals surface area contributed by atoms with Crippen molar-refractivity contribution in [2.45, 2.75) is 373 Å². The van der Waals surface area contributed by atoms with E-state index in [2.05, 4.69) is 31.3 Å². The van der Waals surface area contributed by atoms with Crippen LogP contribution in [0.1, 0.15) is 361 Å². The fourth-order valence-corrected chi connectivity index (χ4v) is 10.2. The second-order valence-corrected chi connectivity index (χ2v) is 22.1. The van der Waals surface area contributed by atoms with Crippen LogP contribution >= 0.6 is 0 Å². The summed E-state index contributed by atoms with van der Waals surface area (Å²) in [5, 5.41) is 23.4. The molecule has 416 valence electrons. The Labute approximate surface area is 438 Å². The van der Waals surface area contributed by atoms with Crippen molar-refractivity contribution in [2.75, 3.05) is 13.2 Å². The van der Waals surface area contributed by atoms with E-state index >= 15 is 0 Å². The standard InChI is InChI=1S/C64H125NO5/c1-3-5-7-9-11-13-15-17-19-20-21-22-23-24-25-26-27-29-32-36-40-44-48-52-56-62(67)61(60-66)65-63(68)57-53-49-45-41-37-33-30-28-31-35-39-43-47-51-55-59-70-64(69)58-54-50-46-42-38-34-18-16-14-12-10-8-6-4-2/h16,18,61-62,66-67H,3-15,17,19-60H2,1-2H3,(H,65,68)/b18-16-. The first-order valence-corrected chi connectivity index (χ1v) is 31.9. The lowest BCUT2D eigenvalue weighted by molar-refractivity contribution is -0.143. The Balaban J connectivity index is 3.42. The SMILES string of the molecule is CCCCCCC/C=C\CCCCCCCC(=O)OCCCCCCCCCCCCCCCCCC(=O)NC(CO)C(O)CCCCCCCCCCCCCCCCCCCCCCCCCC. The molecule has 1 amide bonds. The summed E-state index contributed by atoms with van der Waals surface area (Å²) in [6.07, 6.45) is 72.2. The number of aliphatic hydroxyl groups excluding tert-OH is 2. The van der Waals surface area contributed by atoms with Gasteiger partial charge in [-0.25, -0.2) is 0 Å². The number of amides is 1. The number of carbonyl (C=O) groups is 2. The summed E-state index contributed by atoms with van der Waals surface area (Å²) >= 11 is 0. The van der Waals surface area contributed by atoms with Crippen molar-refractivity contribution in [2.24, 2.45) is 0 Å². The quantitative estimate of drug-likeness (QED) is 0.0321. The second kappa shape index (κ2) is 60.2. The normalized spacial score (nSPS) is 12.6. The number of allylic oxidation sites excluding steroid dienone is 2. The molecule has 0 aromatic carbocycles. The lowest BCUT2D eigenvalue weighted by Gasteiger charge is -2.22. The highest BCUT2D eigenvalue weighted by Gasteiger charge is 2.20. The predicted molar refractivity (Wildman–Crippen MR) is 306 cm³/mol. The van der Waals surface area contributed by atoms with Gasteiger partial charge >= 0.3 is 5.97 Å². The minimum Gasteiger partial charge on any atom is -0.466 e. The van der Waals surface area contributed by atoms with Crippen molar-refractivity contribution in [3.05, 3.63) is 12.2 Å². The van der Waals surface area contributed by atoms with Crippen LogP contribution in [0.2, 0.25) is 0 Å². The molecule has 0 rings (SSSR count). The number of rotatable bonds is 60. The number of aliphatic hydroxyl groups is 2. The maximum absolute atomic E-state index is 12.5. The highest BCUT2D eigenvalue weighted by molar-refractivity contribution is 5.76. The van der Waals surface area contributed by atoms with Crippen LogP contribution in [0, 0.1) is 0 Å². The van der Waals surface area contributed by atoms with Gasteiger partial charge in [0.15, 0.2) is 0 Å². The van der Waals surface area contributed by atoms with E-state index in [1.165, 1.54) is 276 Å². The van der Waals surface area contributed by atoms with Crippen LogP contribution in [-0.4, -0.2) is 47.4 Å². The molecule has 0 aromatic rings. The van der Waals surface area contributed by atoms with E-state index in [9.17, 15) is 19.8 Å². The third kappa shape index (κ3) is 55.9. The molecule has 0 saturated carbocycles. The number of hydrogen-bond acceptors (Lipinski definition) is 5. The van der Waals surface area contributed by atoms with Crippen LogP contribution in [-0.2, 0) is 14.3 Å². The zero-order chi connectivity index (χ0) is 50.7. The van der Waals surface area contributed by atoms with E-state index in [-0.39, 0.29) is 18.5 Å². The molecular formula is C64H125NO5. The predicted octanol–water partition coefficient (Wildman–Crippen LogP) is 20.0. The van der Waals surface area contributed by atoms with Crippen molar-refractivity contribution >= 4 is 11.9 Å². The number of carbonyl (C=O) groups excluding carboxylic acids is 2. The first-order chi connectivity index (χ1) is 34.5. The molecule has 2 unspecified atom stereocenters. The number of unbranched alkanes of at least 4 members (excludes halogenated alkanes) is 47. The van der Waals surface area contributed by atoms with Crippen LogP contribution in [0.15, 0.2) is 12.2 Å². The molecule has 0 aliphatic carbocycles. The number of hydrogen-bond donors (Lipinski definition) is 3. The first-order valence-electron chi connectivity index (χ1n) is 31.9. The van der Waals surface area contributed by atoms with Gasteiger partial charge in [0.2, 0.25) is 5.91 Å². The molecule has 0 heterocycles. The highest BCUT2D eigenvalue weighted by atomic mass is 16.5. The summed E-state index contributed by atoms with van der Waals surface area (Å²) in [6, 6.07) is -0.549. The van der Waals surface area contributed by atoms with Crippen LogP contribution < -0.4 is 5.32 Å². The Morgan fingerprint density at radius 1 is 0.386 bits per heavy atom. The second-order valence-electron chi connectivity index (χ2n) is 22.1. The van der Waals surface area contributed by atoms with Gasteiger partial charge in [0.1, 0.15) is 0 Å². The molecule has 0 spiro atoms. The Morgan fingerprint density at radius 2 is 0.671 bits per heavy atom. The van der Waals surface area contributed by atoms with Gasteiger partial charge in [-0.1, -0.05) is 309 Å². The van der Waals surface area contributed by atoms with Crippen molar-refractivity contribution in [1.29, 1.82) is 0 Å². The molecular weight excluding hydrogens is 863 g/mol. The zero-order valence-electron chi connectivity index (χ0n) is 47.5.